The van der Waals surface area contributed by atoms with Crippen LogP contribution in [0.25, 0.3) is 0 Å². The first-order valence-electron chi connectivity index (χ1n) is 3.77. The molecule has 0 radical (unpaired) electrons. The van der Waals surface area contributed by atoms with Gasteiger partial charge in [0, 0.05) is 12.0 Å². The predicted octanol–water partition coefficient (Wildman–Crippen LogP) is 1.21. The SMILES string of the molecule is CC1COc2cc(C(=O)O)[nH]c21. The number of aromatic carboxylic acids is 1. The molecule has 1 atom stereocenters. The van der Waals surface area contributed by atoms with Crippen molar-refractivity contribution in [2.24, 2.45) is 0 Å². The van der Waals surface area contributed by atoms with Crippen LogP contribution in [0.1, 0.15) is 29.0 Å². The summed E-state index contributed by atoms with van der Waals surface area (Å²) in [5.41, 5.74) is 1.10. The van der Waals surface area contributed by atoms with Gasteiger partial charge in [-0.05, 0) is 0 Å². The van der Waals surface area contributed by atoms with Crippen LogP contribution in [0.5, 0.6) is 5.75 Å². The highest BCUT2D eigenvalue weighted by Gasteiger charge is 2.24. The van der Waals surface area contributed by atoms with Crippen molar-refractivity contribution in [1.82, 2.24) is 4.98 Å². The number of fused-ring (bicyclic) bond motifs is 1. The Balaban J connectivity index is 2.43. The molecule has 0 bridgehead atoms. The molecule has 2 heterocycles. The predicted molar refractivity (Wildman–Crippen MR) is 41.7 cm³/mol. The molecule has 64 valence electrons. The van der Waals surface area contributed by atoms with Crippen molar-refractivity contribution in [3.8, 4) is 5.75 Å². The highest BCUT2D eigenvalue weighted by molar-refractivity contribution is 5.86. The average molecular weight is 167 g/mol. The van der Waals surface area contributed by atoms with Gasteiger partial charge >= 0.3 is 5.97 Å². The van der Waals surface area contributed by atoms with Crippen molar-refractivity contribution < 1.29 is 14.6 Å². The molecule has 1 aromatic heterocycles. The topological polar surface area (TPSA) is 62.3 Å². The Morgan fingerprint density at radius 1 is 1.83 bits per heavy atom. The Kier molecular flexibility index (Phi) is 1.36. The summed E-state index contributed by atoms with van der Waals surface area (Å²) in [4.78, 5) is 13.3. The summed E-state index contributed by atoms with van der Waals surface area (Å²) in [7, 11) is 0. The normalized spacial score (nSPS) is 20.2. The van der Waals surface area contributed by atoms with E-state index in [0.29, 0.717) is 12.4 Å². The molecule has 0 aliphatic carbocycles. The Morgan fingerprint density at radius 3 is 3.17 bits per heavy atom. The zero-order chi connectivity index (χ0) is 8.72. The van der Waals surface area contributed by atoms with Crippen LogP contribution in [0.4, 0.5) is 0 Å². The van der Waals surface area contributed by atoms with Crippen LogP contribution in [0.2, 0.25) is 0 Å². The maximum Gasteiger partial charge on any atom is 0.352 e. The molecular weight excluding hydrogens is 158 g/mol. The minimum Gasteiger partial charge on any atom is -0.491 e. The van der Waals surface area contributed by atoms with Crippen molar-refractivity contribution in [2.75, 3.05) is 6.61 Å². The van der Waals surface area contributed by atoms with E-state index in [9.17, 15) is 4.79 Å². The fourth-order valence-corrected chi connectivity index (χ4v) is 1.35. The number of carbonyl (C=O) groups is 1. The zero-order valence-corrected chi connectivity index (χ0v) is 6.63. The minimum absolute atomic E-state index is 0.201. The van der Waals surface area contributed by atoms with Crippen molar-refractivity contribution in [3.63, 3.8) is 0 Å². The summed E-state index contributed by atoms with van der Waals surface area (Å²) in [5.74, 6) is 0.00759. The van der Waals surface area contributed by atoms with Gasteiger partial charge in [0.15, 0.2) is 0 Å². The summed E-state index contributed by atoms with van der Waals surface area (Å²) >= 11 is 0. The molecule has 1 aliphatic heterocycles. The fraction of sp³-hybridized carbons (Fsp3) is 0.375. The Morgan fingerprint density at radius 2 is 2.58 bits per heavy atom. The van der Waals surface area contributed by atoms with E-state index in [1.165, 1.54) is 6.07 Å². The van der Waals surface area contributed by atoms with Gasteiger partial charge in [0.25, 0.3) is 0 Å². The van der Waals surface area contributed by atoms with Gasteiger partial charge in [0.05, 0.1) is 12.3 Å². The molecule has 0 aromatic carbocycles. The molecule has 4 nitrogen and oxygen atoms in total. The summed E-state index contributed by atoms with van der Waals surface area (Å²) < 4.78 is 5.25. The molecule has 0 fully saturated rings. The number of nitrogens with one attached hydrogen (secondary N) is 1. The second-order valence-corrected chi connectivity index (χ2v) is 2.98. The highest BCUT2D eigenvalue weighted by atomic mass is 16.5. The van der Waals surface area contributed by atoms with E-state index in [-0.39, 0.29) is 11.6 Å². The van der Waals surface area contributed by atoms with Gasteiger partial charge in [-0.25, -0.2) is 4.79 Å². The smallest absolute Gasteiger partial charge is 0.352 e. The van der Waals surface area contributed by atoms with E-state index >= 15 is 0 Å². The molecule has 2 N–H and O–H groups in total. The van der Waals surface area contributed by atoms with Crippen molar-refractivity contribution in [1.29, 1.82) is 0 Å². The van der Waals surface area contributed by atoms with Gasteiger partial charge < -0.3 is 14.8 Å². The lowest BCUT2D eigenvalue weighted by Crippen LogP contribution is -2.01. The van der Waals surface area contributed by atoms with Gasteiger partial charge in [-0.15, -0.1) is 0 Å². The first-order valence-corrected chi connectivity index (χ1v) is 3.77. The monoisotopic (exact) mass is 167 g/mol. The lowest BCUT2D eigenvalue weighted by Gasteiger charge is -1.97. The third-order valence-corrected chi connectivity index (χ3v) is 2.02. The van der Waals surface area contributed by atoms with Crippen molar-refractivity contribution in [3.05, 3.63) is 17.5 Å². The summed E-state index contributed by atoms with van der Waals surface area (Å²) in [5, 5.41) is 8.64. The van der Waals surface area contributed by atoms with Crippen LogP contribution in [0.3, 0.4) is 0 Å². The van der Waals surface area contributed by atoms with E-state index in [1.807, 2.05) is 6.92 Å². The molecule has 12 heavy (non-hydrogen) atoms. The fourth-order valence-electron chi connectivity index (χ4n) is 1.35. The third kappa shape index (κ3) is 0.879. The molecule has 2 rings (SSSR count). The number of hydrogen-bond acceptors (Lipinski definition) is 2. The number of H-pyrrole nitrogens is 1. The second-order valence-electron chi connectivity index (χ2n) is 2.98. The van der Waals surface area contributed by atoms with Crippen LogP contribution in [0, 0.1) is 0 Å². The van der Waals surface area contributed by atoms with E-state index in [1.54, 1.807) is 0 Å². The number of ether oxygens (including phenoxy) is 1. The first kappa shape index (κ1) is 7.21. The summed E-state index contributed by atoms with van der Waals surface area (Å²) in [6, 6.07) is 1.53. The van der Waals surface area contributed by atoms with E-state index in [2.05, 4.69) is 4.98 Å². The number of rotatable bonds is 1. The average Bonchev–Trinajstić information content (AvgIpc) is 2.53. The standard InChI is InChI=1S/C8H9NO3/c1-4-3-12-6-2-5(8(10)11)9-7(4)6/h2,4,9H,3H2,1H3,(H,10,11). The van der Waals surface area contributed by atoms with Crippen LogP contribution < -0.4 is 4.74 Å². The number of aromatic amines is 1. The number of aromatic nitrogens is 1. The molecule has 1 aromatic rings. The van der Waals surface area contributed by atoms with Gasteiger partial charge in [0.1, 0.15) is 11.4 Å². The van der Waals surface area contributed by atoms with Crippen molar-refractivity contribution >= 4 is 5.97 Å². The van der Waals surface area contributed by atoms with E-state index in [4.69, 9.17) is 9.84 Å². The molecular formula is C8H9NO3. The first-order chi connectivity index (χ1) is 5.68. The highest BCUT2D eigenvalue weighted by Crippen LogP contribution is 2.33. The lowest BCUT2D eigenvalue weighted by molar-refractivity contribution is 0.0690. The van der Waals surface area contributed by atoms with Crippen LogP contribution >= 0.6 is 0 Å². The van der Waals surface area contributed by atoms with Gasteiger partial charge in [0.2, 0.25) is 0 Å². The zero-order valence-electron chi connectivity index (χ0n) is 6.63. The molecule has 1 aliphatic rings. The van der Waals surface area contributed by atoms with Crippen LogP contribution in [-0.4, -0.2) is 22.7 Å². The van der Waals surface area contributed by atoms with E-state index < -0.39 is 5.97 Å². The van der Waals surface area contributed by atoms with E-state index in [0.717, 1.165) is 5.69 Å². The van der Waals surface area contributed by atoms with Gasteiger partial charge in [-0.3, -0.25) is 0 Å². The number of carboxylic acid groups (broad SMARTS) is 1. The molecule has 4 heteroatoms. The lowest BCUT2D eigenvalue weighted by atomic mass is 10.1. The molecule has 1 unspecified atom stereocenters. The molecule has 0 spiro atoms. The Labute approximate surface area is 69.2 Å². The third-order valence-electron chi connectivity index (χ3n) is 2.02. The number of hydrogen-bond donors (Lipinski definition) is 2. The largest absolute Gasteiger partial charge is 0.491 e. The Hall–Kier alpha value is -1.45. The maximum atomic E-state index is 10.5. The van der Waals surface area contributed by atoms with Crippen LogP contribution in [-0.2, 0) is 0 Å². The number of carboxylic acids is 1. The summed E-state index contributed by atoms with van der Waals surface area (Å²) in [6.07, 6.45) is 0. The molecule has 0 saturated heterocycles. The second kappa shape index (κ2) is 2.27. The maximum absolute atomic E-state index is 10.5. The van der Waals surface area contributed by atoms with Crippen LogP contribution in [0.15, 0.2) is 6.07 Å². The summed E-state index contributed by atoms with van der Waals surface area (Å²) in [6.45, 7) is 2.63. The Bertz CT molecular complexity index is 329. The quantitative estimate of drug-likeness (QED) is 0.660. The van der Waals surface area contributed by atoms with Gasteiger partial charge in [-0.1, -0.05) is 6.92 Å². The molecule has 0 amide bonds. The van der Waals surface area contributed by atoms with Gasteiger partial charge in [-0.2, -0.15) is 0 Å². The minimum atomic E-state index is -0.944. The van der Waals surface area contributed by atoms with Crippen molar-refractivity contribution in [2.45, 2.75) is 12.8 Å². The molecule has 0 saturated carbocycles.